The lowest BCUT2D eigenvalue weighted by Crippen LogP contribution is -2.20. The molecular weight excluding hydrogens is 281 g/mol. The largest absolute Gasteiger partial charge is 0.313 e. The van der Waals surface area contributed by atoms with Crippen molar-refractivity contribution < 1.29 is 0 Å². The van der Waals surface area contributed by atoms with Gasteiger partial charge in [0.05, 0.1) is 5.69 Å². The molecule has 0 saturated heterocycles. The fourth-order valence-electron chi connectivity index (χ4n) is 2.21. The zero-order valence-corrected chi connectivity index (χ0v) is 12.8. The van der Waals surface area contributed by atoms with Crippen LogP contribution in [0.2, 0.25) is 10.0 Å². The summed E-state index contributed by atoms with van der Waals surface area (Å²) < 4.78 is 1.90. The summed E-state index contributed by atoms with van der Waals surface area (Å²) in [4.78, 5) is 0. The zero-order chi connectivity index (χ0) is 14.0. The summed E-state index contributed by atoms with van der Waals surface area (Å²) in [7, 11) is 3.87. The maximum atomic E-state index is 6.26. The van der Waals surface area contributed by atoms with E-state index in [0.29, 0.717) is 5.02 Å². The minimum atomic E-state index is 0.112. The molecule has 2 aromatic rings. The number of hydrogen-bond donors (Lipinski definition) is 1. The van der Waals surface area contributed by atoms with Gasteiger partial charge in [-0.15, -0.1) is 0 Å². The summed E-state index contributed by atoms with van der Waals surface area (Å²) in [6, 6.07) is 7.74. The van der Waals surface area contributed by atoms with Gasteiger partial charge in [0.1, 0.15) is 0 Å². The van der Waals surface area contributed by atoms with Gasteiger partial charge in [0.25, 0.3) is 0 Å². The van der Waals surface area contributed by atoms with Crippen LogP contribution in [-0.2, 0) is 13.5 Å². The highest BCUT2D eigenvalue weighted by Crippen LogP contribution is 2.28. The third kappa shape index (κ3) is 3.30. The van der Waals surface area contributed by atoms with Crippen molar-refractivity contribution in [1.29, 1.82) is 0 Å². The number of likely N-dealkylation sites (N-methyl/N-ethyl adjacent to an activating group) is 1. The maximum absolute atomic E-state index is 6.26. The van der Waals surface area contributed by atoms with Crippen LogP contribution in [0, 0.1) is 6.92 Å². The number of aromatic nitrogens is 2. The van der Waals surface area contributed by atoms with Gasteiger partial charge in [-0.1, -0.05) is 23.2 Å². The average Bonchev–Trinajstić information content (AvgIpc) is 2.68. The molecule has 5 heteroatoms. The Balaban J connectivity index is 2.30. The first-order valence-corrected chi connectivity index (χ1v) is 6.88. The fourth-order valence-corrected chi connectivity index (χ4v) is 2.64. The van der Waals surface area contributed by atoms with E-state index in [9.17, 15) is 0 Å². The monoisotopic (exact) mass is 297 g/mol. The first-order valence-electron chi connectivity index (χ1n) is 6.13. The lowest BCUT2D eigenvalue weighted by atomic mass is 10.0. The van der Waals surface area contributed by atoms with Crippen LogP contribution in [0.3, 0.4) is 0 Å². The lowest BCUT2D eigenvalue weighted by molar-refractivity contribution is 0.561. The summed E-state index contributed by atoms with van der Waals surface area (Å²) in [6.45, 7) is 1.99. The van der Waals surface area contributed by atoms with Crippen molar-refractivity contribution in [2.24, 2.45) is 7.05 Å². The average molecular weight is 298 g/mol. The van der Waals surface area contributed by atoms with E-state index in [1.165, 1.54) is 0 Å². The quantitative estimate of drug-likeness (QED) is 0.935. The van der Waals surface area contributed by atoms with Crippen molar-refractivity contribution in [3.63, 3.8) is 0 Å². The molecule has 102 valence electrons. The molecule has 1 atom stereocenters. The van der Waals surface area contributed by atoms with Crippen molar-refractivity contribution in [1.82, 2.24) is 15.1 Å². The molecule has 1 N–H and O–H groups in total. The summed E-state index contributed by atoms with van der Waals surface area (Å²) in [6.07, 6.45) is 0.813. The molecule has 0 spiro atoms. The van der Waals surface area contributed by atoms with Gasteiger partial charge in [0.15, 0.2) is 0 Å². The van der Waals surface area contributed by atoms with Gasteiger partial charge in [-0.25, -0.2) is 0 Å². The molecule has 0 radical (unpaired) electrons. The number of benzene rings is 1. The summed E-state index contributed by atoms with van der Waals surface area (Å²) in [5.74, 6) is 0. The molecule has 1 heterocycles. The second kappa shape index (κ2) is 5.95. The van der Waals surface area contributed by atoms with Gasteiger partial charge in [-0.3, -0.25) is 4.68 Å². The molecule has 0 aliphatic carbocycles. The van der Waals surface area contributed by atoms with Gasteiger partial charge in [0.2, 0.25) is 0 Å². The lowest BCUT2D eigenvalue weighted by Gasteiger charge is -2.18. The van der Waals surface area contributed by atoms with Crippen LogP contribution in [0.5, 0.6) is 0 Å². The SMILES string of the molecule is CNC(Cc1cc(C)nn1C)c1cc(Cl)ccc1Cl. The van der Waals surface area contributed by atoms with E-state index < -0.39 is 0 Å². The number of nitrogens with one attached hydrogen (secondary N) is 1. The fraction of sp³-hybridized carbons (Fsp3) is 0.357. The maximum Gasteiger partial charge on any atom is 0.0596 e. The first kappa shape index (κ1) is 14.4. The Labute approximate surface area is 123 Å². The number of nitrogens with zero attached hydrogens (tertiary/aromatic N) is 2. The summed E-state index contributed by atoms with van der Waals surface area (Å²) in [5, 5.41) is 9.07. The van der Waals surface area contributed by atoms with Gasteiger partial charge >= 0.3 is 0 Å². The van der Waals surface area contributed by atoms with Crippen molar-refractivity contribution >= 4 is 23.2 Å². The van der Waals surface area contributed by atoms with Crippen molar-refractivity contribution in [3.05, 3.63) is 51.3 Å². The van der Waals surface area contributed by atoms with Crippen LogP contribution in [0.1, 0.15) is 23.0 Å². The predicted molar refractivity (Wildman–Crippen MR) is 79.9 cm³/mol. The summed E-state index contributed by atoms with van der Waals surface area (Å²) in [5.41, 5.74) is 3.19. The van der Waals surface area contributed by atoms with E-state index in [2.05, 4.69) is 16.5 Å². The molecule has 19 heavy (non-hydrogen) atoms. The second-order valence-electron chi connectivity index (χ2n) is 4.61. The normalized spacial score (nSPS) is 12.7. The number of aryl methyl sites for hydroxylation is 2. The minimum absolute atomic E-state index is 0.112. The Morgan fingerprint density at radius 3 is 2.63 bits per heavy atom. The molecule has 2 rings (SSSR count). The van der Waals surface area contributed by atoms with E-state index in [1.807, 2.05) is 37.8 Å². The number of halogens is 2. The molecule has 0 fully saturated rings. The van der Waals surface area contributed by atoms with Crippen LogP contribution < -0.4 is 5.32 Å². The second-order valence-corrected chi connectivity index (χ2v) is 5.46. The highest BCUT2D eigenvalue weighted by Gasteiger charge is 2.16. The molecule has 0 aliphatic heterocycles. The predicted octanol–water partition coefficient (Wildman–Crippen LogP) is 3.54. The van der Waals surface area contributed by atoms with E-state index in [1.54, 1.807) is 6.07 Å². The number of rotatable bonds is 4. The molecule has 1 unspecified atom stereocenters. The van der Waals surface area contributed by atoms with Crippen LogP contribution >= 0.6 is 23.2 Å². The number of hydrogen-bond acceptors (Lipinski definition) is 2. The van der Waals surface area contributed by atoms with Crippen LogP contribution in [0.15, 0.2) is 24.3 Å². The van der Waals surface area contributed by atoms with E-state index in [0.717, 1.165) is 28.4 Å². The first-order chi connectivity index (χ1) is 9.01. The van der Waals surface area contributed by atoms with Gasteiger partial charge < -0.3 is 5.32 Å². The van der Waals surface area contributed by atoms with Crippen molar-refractivity contribution in [3.8, 4) is 0 Å². The van der Waals surface area contributed by atoms with Crippen LogP contribution in [0.4, 0.5) is 0 Å². The van der Waals surface area contributed by atoms with Crippen molar-refractivity contribution in [2.75, 3.05) is 7.05 Å². The molecule has 0 aliphatic rings. The Bertz CT molecular complexity index is 578. The standard InChI is InChI=1S/C14H17Cl2N3/c1-9-6-11(19(3)18-9)8-14(17-2)12-7-10(15)4-5-13(12)16/h4-7,14,17H,8H2,1-3H3. The van der Waals surface area contributed by atoms with Gasteiger partial charge in [0, 0.05) is 35.2 Å². The Hall–Kier alpha value is -1.03. The third-order valence-electron chi connectivity index (χ3n) is 3.19. The molecule has 0 bridgehead atoms. The molecule has 1 aromatic carbocycles. The zero-order valence-electron chi connectivity index (χ0n) is 11.2. The smallest absolute Gasteiger partial charge is 0.0596 e. The van der Waals surface area contributed by atoms with Crippen LogP contribution in [0.25, 0.3) is 0 Å². The van der Waals surface area contributed by atoms with E-state index in [-0.39, 0.29) is 6.04 Å². The van der Waals surface area contributed by atoms with E-state index in [4.69, 9.17) is 23.2 Å². The topological polar surface area (TPSA) is 29.9 Å². The van der Waals surface area contributed by atoms with Gasteiger partial charge in [-0.05, 0) is 43.8 Å². The highest BCUT2D eigenvalue weighted by molar-refractivity contribution is 6.33. The molecular formula is C14H17Cl2N3. The van der Waals surface area contributed by atoms with E-state index >= 15 is 0 Å². The van der Waals surface area contributed by atoms with Gasteiger partial charge in [-0.2, -0.15) is 5.10 Å². The minimum Gasteiger partial charge on any atom is -0.313 e. The third-order valence-corrected chi connectivity index (χ3v) is 3.77. The van der Waals surface area contributed by atoms with Crippen molar-refractivity contribution in [2.45, 2.75) is 19.4 Å². The molecule has 3 nitrogen and oxygen atoms in total. The Kier molecular flexibility index (Phi) is 4.50. The molecule has 1 aromatic heterocycles. The molecule has 0 amide bonds. The molecule has 0 saturated carbocycles. The van der Waals surface area contributed by atoms with Crippen LogP contribution in [-0.4, -0.2) is 16.8 Å². The summed E-state index contributed by atoms with van der Waals surface area (Å²) >= 11 is 12.3. The Morgan fingerprint density at radius 1 is 1.32 bits per heavy atom. The Morgan fingerprint density at radius 2 is 2.05 bits per heavy atom. The highest BCUT2D eigenvalue weighted by atomic mass is 35.5.